The molecule has 2 aromatic rings. The van der Waals surface area contributed by atoms with E-state index in [1.165, 1.54) is 16.7 Å². The van der Waals surface area contributed by atoms with Crippen molar-refractivity contribution in [2.45, 2.75) is 27.2 Å². The average molecular weight is 319 g/mol. The highest BCUT2D eigenvalue weighted by Gasteiger charge is 2.02. The molecule has 1 heterocycles. The van der Waals surface area contributed by atoms with E-state index in [1.807, 2.05) is 6.20 Å². The maximum atomic E-state index is 4.39. The Hall–Kier alpha value is -1.35. The van der Waals surface area contributed by atoms with Gasteiger partial charge in [-0.25, -0.2) is 4.98 Å². The molecule has 0 radical (unpaired) electrons. The Morgan fingerprint density at radius 3 is 2.58 bits per heavy atom. The molecular weight excluding hydrogens is 300 g/mol. The molecule has 0 fully saturated rings. The molecule has 3 heteroatoms. The van der Waals surface area contributed by atoms with Crippen molar-refractivity contribution < 1.29 is 0 Å². The predicted octanol–water partition coefficient (Wildman–Crippen LogP) is 4.42. The molecule has 0 bridgehead atoms. The first-order valence-electron chi connectivity index (χ1n) is 6.48. The SMILES string of the molecule is Cc1ccc(CCNc2ncc(Br)cc2C)c(C)c1. The van der Waals surface area contributed by atoms with Gasteiger partial charge in [-0.2, -0.15) is 0 Å². The molecule has 2 rings (SSSR count). The second kappa shape index (κ2) is 6.20. The minimum atomic E-state index is 0.902. The molecule has 1 N–H and O–H groups in total. The smallest absolute Gasteiger partial charge is 0.128 e. The van der Waals surface area contributed by atoms with Crippen molar-refractivity contribution >= 4 is 21.7 Å². The van der Waals surface area contributed by atoms with Crippen LogP contribution in [0.25, 0.3) is 0 Å². The van der Waals surface area contributed by atoms with Crippen LogP contribution in [0.2, 0.25) is 0 Å². The van der Waals surface area contributed by atoms with Gasteiger partial charge in [0.05, 0.1) is 0 Å². The lowest BCUT2D eigenvalue weighted by molar-refractivity contribution is 0.987. The van der Waals surface area contributed by atoms with E-state index < -0.39 is 0 Å². The minimum Gasteiger partial charge on any atom is -0.370 e. The highest BCUT2D eigenvalue weighted by molar-refractivity contribution is 9.10. The first-order chi connectivity index (χ1) is 9.06. The second-order valence-corrected chi connectivity index (χ2v) is 5.84. The number of nitrogens with zero attached hydrogens (tertiary/aromatic N) is 1. The van der Waals surface area contributed by atoms with Crippen LogP contribution < -0.4 is 5.32 Å². The maximum absolute atomic E-state index is 4.39. The summed E-state index contributed by atoms with van der Waals surface area (Å²) in [6.45, 7) is 7.27. The van der Waals surface area contributed by atoms with Gasteiger partial charge < -0.3 is 5.32 Å². The van der Waals surface area contributed by atoms with Crippen LogP contribution in [0, 0.1) is 20.8 Å². The Bertz CT molecular complexity index is 527. The van der Waals surface area contributed by atoms with Gasteiger partial charge in [-0.15, -0.1) is 0 Å². The van der Waals surface area contributed by atoms with E-state index in [1.54, 1.807) is 0 Å². The first kappa shape index (κ1) is 14.1. The number of benzene rings is 1. The molecule has 0 aliphatic heterocycles. The summed E-state index contributed by atoms with van der Waals surface area (Å²) < 4.78 is 1.02. The molecule has 0 amide bonds. The molecule has 0 aliphatic rings. The third-order valence-corrected chi connectivity index (χ3v) is 3.66. The van der Waals surface area contributed by atoms with E-state index in [2.05, 4.69) is 71.3 Å². The minimum absolute atomic E-state index is 0.902. The Kier molecular flexibility index (Phi) is 4.59. The van der Waals surface area contributed by atoms with Crippen molar-refractivity contribution in [3.63, 3.8) is 0 Å². The second-order valence-electron chi connectivity index (χ2n) is 4.93. The van der Waals surface area contributed by atoms with Crippen molar-refractivity contribution in [1.82, 2.24) is 4.98 Å². The van der Waals surface area contributed by atoms with E-state index >= 15 is 0 Å². The van der Waals surface area contributed by atoms with Crippen LogP contribution in [0.15, 0.2) is 34.9 Å². The Morgan fingerprint density at radius 1 is 1.11 bits per heavy atom. The Labute approximate surface area is 123 Å². The average Bonchev–Trinajstić information content (AvgIpc) is 2.34. The lowest BCUT2D eigenvalue weighted by Gasteiger charge is -2.10. The monoisotopic (exact) mass is 318 g/mol. The van der Waals surface area contributed by atoms with Gasteiger partial charge in [-0.05, 0) is 65.9 Å². The van der Waals surface area contributed by atoms with Crippen LogP contribution in [-0.2, 0) is 6.42 Å². The fourth-order valence-corrected chi connectivity index (χ4v) is 2.61. The van der Waals surface area contributed by atoms with Gasteiger partial charge in [-0.3, -0.25) is 0 Å². The summed E-state index contributed by atoms with van der Waals surface area (Å²) in [4.78, 5) is 4.39. The molecule has 0 atom stereocenters. The number of halogens is 1. The van der Waals surface area contributed by atoms with E-state index in [9.17, 15) is 0 Å². The van der Waals surface area contributed by atoms with Crippen LogP contribution in [-0.4, -0.2) is 11.5 Å². The molecule has 2 nitrogen and oxygen atoms in total. The molecule has 19 heavy (non-hydrogen) atoms. The van der Waals surface area contributed by atoms with Gasteiger partial charge in [0.2, 0.25) is 0 Å². The number of pyridine rings is 1. The number of hydrogen-bond acceptors (Lipinski definition) is 2. The summed E-state index contributed by atoms with van der Waals surface area (Å²) in [5.74, 6) is 0.966. The van der Waals surface area contributed by atoms with Crippen molar-refractivity contribution in [1.29, 1.82) is 0 Å². The van der Waals surface area contributed by atoms with Gasteiger partial charge in [0.1, 0.15) is 5.82 Å². The summed E-state index contributed by atoms with van der Waals surface area (Å²) in [7, 11) is 0. The summed E-state index contributed by atoms with van der Waals surface area (Å²) in [5, 5.41) is 3.40. The maximum Gasteiger partial charge on any atom is 0.128 e. The van der Waals surface area contributed by atoms with E-state index in [-0.39, 0.29) is 0 Å². The van der Waals surface area contributed by atoms with Gasteiger partial charge in [0.25, 0.3) is 0 Å². The number of aromatic nitrogens is 1. The summed E-state index contributed by atoms with van der Waals surface area (Å²) in [6, 6.07) is 8.70. The molecule has 0 saturated carbocycles. The van der Waals surface area contributed by atoms with Crippen molar-refractivity contribution in [2.24, 2.45) is 0 Å². The molecule has 100 valence electrons. The third-order valence-electron chi connectivity index (χ3n) is 3.23. The largest absolute Gasteiger partial charge is 0.370 e. The summed E-state index contributed by atoms with van der Waals surface area (Å²) in [5.41, 5.74) is 5.24. The number of hydrogen-bond donors (Lipinski definition) is 1. The molecule has 0 saturated heterocycles. The van der Waals surface area contributed by atoms with Crippen LogP contribution in [0.3, 0.4) is 0 Å². The zero-order chi connectivity index (χ0) is 13.8. The first-order valence-corrected chi connectivity index (χ1v) is 7.27. The van der Waals surface area contributed by atoms with Crippen LogP contribution in [0.1, 0.15) is 22.3 Å². The molecule has 0 spiro atoms. The van der Waals surface area contributed by atoms with E-state index in [0.29, 0.717) is 0 Å². The van der Waals surface area contributed by atoms with Crippen molar-refractivity contribution in [2.75, 3.05) is 11.9 Å². The highest BCUT2D eigenvalue weighted by Crippen LogP contribution is 2.17. The quantitative estimate of drug-likeness (QED) is 0.902. The van der Waals surface area contributed by atoms with Crippen LogP contribution in [0.4, 0.5) is 5.82 Å². The fourth-order valence-electron chi connectivity index (χ4n) is 2.17. The number of aryl methyl sites for hydroxylation is 3. The third kappa shape index (κ3) is 3.80. The molecule has 1 aromatic carbocycles. The topological polar surface area (TPSA) is 24.9 Å². The molecule has 0 aliphatic carbocycles. The highest BCUT2D eigenvalue weighted by atomic mass is 79.9. The van der Waals surface area contributed by atoms with E-state index in [0.717, 1.165) is 28.8 Å². The van der Waals surface area contributed by atoms with Crippen LogP contribution in [0.5, 0.6) is 0 Å². The summed E-state index contributed by atoms with van der Waals surface area (Å²) >= 11 is 3.43. The molecule has 1 aromatic heterocycles. The normalized spacial score (nSPS) is 10.5. The lowest BCUT2D eigenvalue weighted by Crippen LogP contribution is -2.08. The van der Waals surface area contributed by atoms with Gasteiger partial charge in [-0.1, -0.05) is 23.8 Å². The fraction of sp³-hybridized carbons (Fsp3) is 0.312. The zero-order valence-electron chi connectivity index (χ0n) is 11.6. The number of rotatable bonds is 4. The lowest BCUT2D eigenvalue weighted by atomic mass is 10.0. The zero-order valence-corrected chi connectivity index (χ0v) is 13.2. The van der Waals surface area contributed by atoms with Crippen molar-refractivity contribution in [3.8, 4) is 0 Å². The van der Waals surface area contributed by atoms with E-state index in [4.69, 9.17) is 0 Å². The van der Waals surface area contributed by atoms with Gasteiger partial charge in [0.15, 0.2) is 0 Å². The Morgan fingerprint density at radius 2 is 1.89 bits per heavy atom. The predicted molar refractivity (Wildman–Crippen MR) is 84.8 cm³/mol. The van der Waals surface area contributed by atoms with Gasteiger partial charge in [0, 0.05) is 17.2 Å². The number of anilines is 1. The molecular formula is C16H19BrN2. The summed E-state index contributed by atoms with van der Waals surface area (Å²) in [6.07, 6.45) is 2.84. The van der Waals surface area contributed by atoms with Crippen molar-refractivity contribution in [3.05, 3.63) is 57.2 Å². The Balaban J connectivity index is 1.96. The molecule has 0 unspecified atom stereocenters. The standard InChI is InChI=1S/C16H19BrN2/c1-11-4-5-14(12(2)8-11)6-7-18-16-13(3)9-15(17)10-19-16/h4-5,8-10H,6-7H2,1-3H3,(H,18,19). The number of nitrogens with one attached hydrogen (secondary N) is 1. The van der Waals surface area contributed by atoms with Crippen LogP contribution >= 0.6 is 15.9 Å². The van der Waals surface area contributed by atoms with Gasteiger partial charge >= 0.3 is 0 Å².